The quantitative estimate of drug-likeness (QED) is 0.669. The van der Waals surface area contributed by atoms with Crippen LogP contribution in [0.5, 0.6) is 0 Å². The molecule has 0 aliphatic heterocycles. The van der Waals surface area contributed by atoms with Crippen LogP contribution in [-0.4, -0.2) is 20.1 Å². The van der Waals surface area contributed by atoms with Crippen molar-refractivity contribution in [2.45, 2.75) is 12.6 Å². The normalized spacial score (nSPS) is 12.5. The van der Waals surface area contributed by atoms with Gasteiger partial charge in [-0.05, 0) is 24.6 Å². The van der Waals surface area contributed by atoms with Gasteiger partial charge < -0.3 is 0 Å². The molecule has 0 heterocycles. The van der Waals surface area contributed by atoms with E-state index in [1.807, 2.05) is 0 Å². The molecule has 1 N–H and O–H groups in total. The number of nitrogens with one attached hydrogen (secondary N) is 1. The summed E-state index contributed by atoms with van der Waals surface area (Å²) in [6.07, 6.45) is -4.57. The van der Waals surface area contributed by atoms with Gasteiger partial charge in [0.15, 0.2) is 0 Å². The summed E-state index contributed by atoms with van der Waals surface area (Å²) in [5.41, 5.74) is -1.87. The predicted molar refractivity (Wildman–Crippen MR) is 64.1 cm³/mol. The van der Waals surface area contributed by atoms with Gasteiger partial charge in [0, 0.05) is 5.88 Å². The predicted octanol–water partition coefficient (Wildman–Crippen LogP) is 3.22. The third-order valence-electron chi connectivity index (χ3n) is 2.11. The van der Waals surface area contributed by atoms with E-state index in [0.717, 1.165) is 0 Å². The van der Waals surface area contributed by atoms with Crippen molar-refractivity contribution < 1.29 is 26.0 Å². The van der Waals surface area contributed by atoms with E-state index in [4.69, 9.17) is 11.6 Å². The van der Waals surface area contributed by atoms with Gasteiger partial charge in [-0.2, -0.15) is 13.2 Å². The lowest BCUT2D eigenvalue weighted by Gasteiger charge is -2.11. The van der Waals surface area contributed by atoms with Crippen LogP contribution in [0.15, 0.2) is 18.2 Å². The van der Waals surface area contributed by atoms with Crippen molar-refractivity contribution in [2.75, 3.05) is 16.4 Å². The van der Waals surface area contributed by atoms with Gasteiger partial charge in [0.2, 0.25) is 10.0 Å². The largest absolute Gasteiger partial charge is 0.416 e. The van der Waals surface area contributed by atoms with E-state index in [1.54, 1.807) is 4.72 Å². The highest BCUT2D eigenvalue weighted by Gasteiger charge is 2.31. The zero-order chi connectivity index (χ0) is 14.7. The molecule has 0 spiro atoms. The van der Waals surface area contributed by atoms with Crippen LogP contribution in [0.25, 0.3) is 0 Å². The fourth-order valence-corrected chi connectivity index (χ4v) is 2.65. The fourth-order valence-electron chi connectivity index (χ4n) is 1.24. The molecule has 1 aromatic rings. The molecular formula is C10H10ClF4NO2S. The molecule has 9 heteroatoms. The third kappa shape index (κ3) is 4.87. The van der Waals surface area contributed by atoms with Gasteiger partial charge in [0.05, 0.1) is 17.0 Å². The van der Waals surface area contributed by atoms with E-state index in [0.29, 0.717) is 18.2 Å². The van der Waals surface area contributed by atoms with Crippen LogP contribution in [0, 0.1) is 5.82 Å². The molecule has 1 rings (SSSR count). The van der Waals surface area contributed by atoms with E-state index in [2.05, 4.69) is 0 Å². The number of halogens is 5. The minimum Gasteiger partial charge on any atom is -0.281 e. The molecule has 0 saturated carbocycles. The van der Waals surface area contributed by atoms with E-state index >= 15 is 0 Å². The summed E-state index contributed by atoms with van der Waals surface area (Å²) in [6.45, 7) is 0. The van der Waals surface area contributed by atoms with Gasteiger partial charge in [-0.25, -0.2) is 12.8 Å². The summed E-state index contributed by atoms with van der Waals surface area (Å²) < 4.78 is 75.2. The Morgan fingerprint density at radius 2 is 1.89 bits per heavy atom. The molecule has 1 aromatic carbocycles. The van der Waals surface area contributed by atoms with Gasteiger partial charge in [0.25, 0.3) is 0 Å². The zero-order valence-corrected chi connectivity index (χ0v) is 11.0. The molecular weight excluding hydrogens is 310 g/mol. The summed E-state index contributed by atoms with van der Waals surface area (Å²) in [5.74, 6) is -1.40. The highest BCUT2D eigenvalue weighted by atomic mass is 35.5. The van der Waals surface area contributed by atoms with Crippen molar-refractivity contribution in [1.29, 1.82) is 0 Å². The minimum atomic E-state index is -4.68. The Kier molecular flexibility index (Phi) is 5.03. The number of rotatable bonds is 5. The average molecular weight is 320 g/mol. The molecule has 108 valence electrons. The smallest absolute Gasteiger partial charge is 0.281 e. The average Bonchev–Trinajstić information content (AvgIpc) is 2.28. The van der Waals surface area contributed by atoms with Gasteiger partial charge in [-0.1, -0.05) is 0 Å². The summed E-state index contributed by atoms with van der Waals surface area (Å²) >= 11 is 5.31. The third-order valence-corrected chi connectivity index (χ3v) is 3.73. The second-order valence-electron chi connectivity index (χ2n) is 3.66. The van der Waals surface area contributed by atoms with Crippen molar-refractivity contribution in [3.63, 3.8) is 0 Å². The minimum absolute atomic E-state index is 0.0754. The van der Waals surface area contributed by atoms with Crippen LogP contribution >= 0.6 is 11.6 Å². The summed E-state index contributed by atoms with van der Waals surface area (Å²) in [4.78, 5) is 0. The van der Waals surface area contributed by atoms with Gasteiger partial charge >= 0.3 is 6.18 Å². The molecule has 0 radical (unpaired) electrons. The Morgan fingerprint density at radius 3 is 2.42 bits per heavy atom. The first kappa shape index (κ1) is 16.0. The first-order chi connectivity index (χ1) is 8.65. The van der Waals surface area contributed by atoms with Crippen molar-refractivity contribution in [3.05, 3.63) is 29.6 Å². The van der Waals surface area contributed by atoms with E-state index in [-0.39, 0.29) is 12.3 Å². The Hall–Kier alpha value is -1.02. The maximum absolute atomic E-state index is 13.3. The van der Waals surface area contributed by atoms with Crippen LogP contribution in [0.2, 0.25) is 0 Å². The van der Waals surface area contributed by atoms with E-state index < -0.39 is 39.0 Å². The number of sulfonamides is 1. The molecule has 0 saturated heterocycles. The highest BCUT2D eigenvalue weighted by Crippen LogP contribution is 2.32. The lowest BCUT2D eigenvalue weighted by molar-refractivity contribution is -0.137. The lowest BCUT2D eigenvalue weighted by Crippen LogP contribution is -2.18. The van der Waals surface area contributed by atoms with Crippen LogP contribution in [0.1, 0.15) is 12.0 Å². The van der Waals surface area contributed by atoms with Crippen LogP contribution < -0.4 is 4.72 Å². The monoisotopic (exact) mass is 319 g/mol. The van der Waals surface area contributed by atoms with Crippen molar-refractivity contribution >= 4 is 27.3 Å². The summed E-state index contributed by atoms with van der Waals surface area (Å²) in [7, 11) is -3.92. The fraction of sp³-hybridized carbons (Fsp3) is 0.400. The number of hydrogen-bond donors (Lipinski definition) is 1. The molecule has 0 aliphatic rings. The SMILES string of the molecule is O=S(=O)(CCCCl)Nc1cc(C(F)(F)F)ccc1F. The Morgan fingerprint density at radius 1 is 1.26 bits per heavy atom. The zero-order valence-electron chi connectivity index (χ0n) is 9.47. The molecule has 19 heavy (non-hydrogen) atoms. The molecule has 0 aliphatic carbocycles. The Bertz CT molecular complexity index is 545. The number of benzene rings is 1. The van der Waals surface area contributed by atoms with E-state index in [1.165, 1.54) is 0 Å². The van der Waals surface area contributed by atoms with Crippen molar-refractivity contribution in [2.24, 2.45) is 0 Å². The standard InChI is InChI=1S/C10H10ClF4NO2S/c11-4-1-5-19(17,18)16-9-6-7(10(13,14)15)2-3-8(9)12/h2-3,6,16H,1,4-5H2. The lowest BCUT2D eigenvalue weighted by atomic mass is 10.2. The highest BCUT2D eigenvalue weighted by molar-refractivity contribution is 7.92. The molecule has 0 unspecified atom stereocenters. The maximum Gasteiger partial charge on any atom is 0.416 e. The van der Waals surface area contributed by atoms with Crippen LogP contribution in [-0.2, 0) is 16.2 Å². The van der Waals surface area contributed by atoms with Crippen molar-refractivity contribution in [1.82, 2.24) is 0 Å². The van der Waals surface area contributed by atoms with Crippen molar-refractivity contribution in [3.8, 4) is 0 Å². The Balaban J connectivity index is 3.01. The molecule has 0 bridgehead atoms. The molecule has 0 atom stereocenters. The Labute approximate surface area is 112 Å². The van der Waals surface area contributed by atoms with E-state index in [9.17, 15) is 26.0 Å². The van der Waals surface area contributed by atoms with Gasteiger partial charge in [0.1, 0.15) is 5.82 Å². The second kappa shape index (κ2) is 5.96. The first-order valence-corrected chi connectivity index (χ1v) is 7.27. The van der Waals surface area contributed by atoms with Gasteiger partial charge in [-0.3, -0.25) is 4.72 Å². The molecule has 0 aromatic heterocycles. The first-order valence-electron chi connectivity index (χ1n) is 5.09. The topological polar surface area (TPSA) is 46.2 Å². The number of anilines is 1. The molecule has 3 nitrogen and oxygen atoms in total. The van der Waals surface area contributed by atoms with Crippen LogP contribution in [0.4, 0.5) is 23.2 Å². The second-order valence-corrected chi connectivity index (χ2v) is 5.88. The van der Waals surface area contributed by atoms with Crippen LogP contribution in [0.3, 0.4) is 0 Å². The van der Waals surface area contributed by atoms with Gasteiger partial charge in [-0.15, -0.1) is 11.6 Å². The summed E-state index contributed by atoms with van der Waals surface area (Å²) in [6, 6.07) is 1.50. The maximum atomic E-state index is 13.3. The number of alkyl halides is 4. The molecule has 0 amide bonds. The molecule has 0 fully saturated rings. The number of hydrogen-bond acceptors (Lipinski definition) is 2. The summed E-state index contributed by atoms with van der Waals surface area (Å²) in [5, 5.41) is 0.